The first-order chi connectivity index (χ1) is 17.2. The summed E-state index contributed by atoms with van der Waals surface area (Å²) in [4.78, 5) is 46.4. The number of nitrogens with one attached hydrogen (secondary N) is 1. The average Bonchev–Trinajstić information content (AvgIpc) is 3.35. The fraction of sp³-hybridized carbons (Fsp3) is 0.333. The number of hydrogen-bond donors (Lipinski definition) is 1. The van der Waals surface area contributed by atoms with Crippen molar-refractivity contribution in [2.45, 2.75) is 43.7 Å². The maximum absolute atomic E-state index is 13.6. The van der Waals surface area contributed by atoms with Crippen LogP contribution in [0.4, 0.5) is 13.6 Å². The quantitative estimate of drug-likeness (QED) is 0.178. The first-order valence-corrected chi connectivity index (χ1v) is 11.4. The van der Waals surface area contributed by atoms with Crippen LogP contribution < -0.4 is 5.32 Å². The highest BCUT2D eigenvalue weighted by Gasteiger charge is 2.55. The van der Waals surface area contributed by atoms with Crippen LogP contribution in [0.3, 0.4) is 0 Å². The van der Waals surface area contributed by atoms with Crippen LogP contribution in [-0.4, -0.2) is 50.2 Å². The van der Waals surface area contributed by atoms with Crippen LogP contribution >= 0.6 is 0 Å². The smallest absolute Gasteiger partial charge is 0.323 e. The van der Waals surface area contributed by atoms with Gasteiger partial charge >= 0.3 is 6.03 Å². The molecule has 3 amide bonds. The number of imidazole rings is 1. The molecule has 10 nitrogen and oxygen atoms in total. The number of amides is 3. The summed E-state index contributed by atoms with van der Waals surface area (Å²) in [5, 5.41) is 6.15. The highest BCUT2D eigenvalue weighted by atomic mass is 19.3. The topological polar surface area (TPSA) is 133 Å². The number of fused-ring (bicyclic) bond motifs is 1. The second-order valence-corrected chi connectivity index (χ2v) is 8.97. The molecule has 2 aliphatic rings. The van der Waals surface area contributed by atoms with Gasteiger partial charge in [-0.2, -0.15) is 0 Å². The van der Waals surface area contributed by atoms with E-state index in [1.165, 1.54) is 0 Å². The number of carbonyl (C=O) groups is 3. The molecule has 1 spiro atoms. The molecule has 0 bridgehead atoms. The third-order valence-corrected chi connectivity index (χ3v) is 6.74. The van der Waals surface area contributed by atoms with Crippen molar-refractivity contribution < 1.29 is 23.2 Å². The normalized spacial score (nSPS) is 18.3. The zero-order valence-corrected chi connectivity index (χ0v) is 19.0. The van der Waals surface area contributed by atoms with Crippen molar-refractivity contribution >= 4 is 28.8 Å². The van der Waals surface area contributed by atoms with Crippen LogP contribution in [0.2, 0.25) is 0 Å². The Hall–Kier alpha value is -4.31. The lowest BCUT2D eigenvalue weighted by molar-refractivity contribution is -0.135. The molecule has 1 saturated carbocycles. The van der Waals surface area contributed by atoms with E-state index in [2.05, 4.69) is 20.3 Å². The Morgan fingerprint density at radius 2 is 1.78 bits per heavy atom. The van der Waals surface area contributed by atoms with E-state index in [0.717, 1.165) is 10.4 Å². The number of rotatable bonds is 6. The van der Waals surface area contributed by atoms with E-state index in [4.69, 9.17) is 5.53 Å². The molecule has 1 N–H and O–H groups in total. The molecule has 2 fully saturated rings. The van der Waals surface area contributed by atoms with E-state index in [1.54, 1.807) is 24.3 Å². The van der Waals surface area contributed by atoms with Crippen molar-refractivity contribution in [3.05, 3.63) is 70.4 Å². The molecule has 1 aliphatic heterocycles. The standard InChI is InChI=1S/C24H21F2N7O3/c25-24(26)11-9-23(10-12-24)21(35)32(22(36)30-23)14-19(34)15-5-7-16(8-6-15)33-18-4-2-1-3-17(18)29-20(33)13-28-31-27/h1-8H,9-14H2,(H,30,36). The van der Waals surface area contributed by atoms with Crippen molar-refractivity contribution in [1.29, 1.82) is 0 Å². The van der Waals surface area contributed by atoms with Crippen LogP contribution in [0, 0.1) is 0 Å². The average molecular weight is 493 g/mol. The van der Waals surface area contributed by atoms with E-state index in [0.29, 0.717) is 17.0 Å². The van der Waals surface area contributed by atoms with Gasteiger partial charge in [0.1, 0.15) is 11.4 Å². The zero-order chi connectivity index (χ0) is 25.5. The lowest BCUT2D eigenvalue weighted by Crippen LogP contribution is -2.51. The number of azide groups is 1. The van der Waals surface area contributed by atoms with Crippen LogP contribution in [-0.2, 0) is 11.3 Å². The maximum atomic E-state index is 13.6. The first-order valence-electron chi connectivity index (χ1n) is 11.4. The lowest BCUT2D eigenvalue weighted by Gasteiger charge is -2.34. The highest BCUT2D eigenvalue weighted by molar-refractivity contribution is 6.11. The minimum absolute atomic E-state index is 0.0335. The summed E-state index contributed by atoms with van der Waals surface area (Å²) >= 11 is 0. The summed E-state index contributed by atoms with van der Waals surface area (Å²) in [6.07, 6.45) is -1.32. The van der Waals surface area contributed by atoms with Crippen LogP contribution in [0.1, 0.15) is 41.9 Å². The van der Waals surface area contributed by atoms with Crippen LogP contribution in [0.25, 0.3) is 27.2 Å². The lowest BCUT2D eigenvalue weighted by atomic mass is 9.80. The molecular formula is C24H21F2N7O3. The van der Waals surface area contributed by atoms with Gasteiger partial charge in [-0.3, -0.25) is 19.1 Å². The van der Waals surface area contributed by atoms with Crippen molar-refractivity contribution in [2.24, 2.45) is 5.11 Å². The summed E-state index contributed by atoms with van der Waals surface area (Å²) in [5.41, 5.74) is 9.81. The molecule has 5 rings (SSSR count). The monoisotopic (exact) mass is 493 g/mol. The molecule has 3 aromatic rings. The van der Waals surface area contributed by atoms with Crippen LogP contribution in [0.15, 0.2) is 53.6 Å². The fourth-order valence-corrected chi connectivity index (χ4v) is 4.80. The largest absolute Gasteiger partial charge is 0.325 e. The minimum Gasteiger partial charge on any atom is -0.323 e. The molecule has 0 unspecified atom stereocenters. The molecule has 0 atom stereocenters. The van der Waals surface area contributed by atoms with E-state index in [-0.39, 0.29) is 24.9 Å². The van der Waals surface area contributed by atoms with Crippen molar-refractivity contribution in [2.75, 3.05) is 6.54 Å². The predicted molar refractivity (Wildman–Crippen MR) is 125 cm³/mol. The predicted octanol–water partition coefficient (Wildman–Crippen LogP) is 4.52. The van der Waals surface area contributed by atoms with Crippen molar-refractivity contribution in [1.82, 2.24) is 19.8 Å². The van der Waals surface area contributed by atoms with Crippen LogP contribution in [0.5, 0.6) is 0 Å². The third-order valence-electron chi connectivity index (χ3n) is 6.74. The van der Waals surface area contributed by atoms with Crippen molar-refractivity contribution in [3.8, 4) is 5.69 Å². The second-order valence-electron chi connectivity index (χ2n) is 8.97. The summed E-state index contributed by atoms with van der Waals surface area (Å²) < 4.78 is 29.0. The Kier molecular flexibility index (Phi) is 5.68. The van der Waals surface area contributed by atoms with E-state index >= 15 is 0 Å². The molecule has 1 aliphatic carbocycles. The molecule has 184 valence electrons. The maximum Gasteiger partial charge on any atom is 0.325 e. The molecular weight excluding hydrogens is 472 g/mol. The fourth-order valence-electron chi connectivity index (χ4n) is 4.80. The van der Waals surface area contributed by atoms with Gasteiger partial charge in [-0.05, 0) is 54.8 Å². The number of urea groups is 1. The number of nitrogens with zero attached hydrogens (tertiary/aromatic N) is 6. The Morgan fingerprint density at radius 1 is 1.08 bits per heavy atom. The van der Waals surface area contributed by atoms with Gasteiger partial charge in [0.2, 0.25) is 5.92 Å². The number of ketones is 1. The minimum atomic E-state index is -2.86. The highest BCUT2D eigenvalue weighted by Crippen LogP contribution is 2.41. The summed E-state index contributed by atoms with van der Waals surface area (Å²) in [5.74, 6) is -3.44. The number of alkyl halides is 2. The molecule has 1 aromatic heterocycles. The number of benzene rings is 2. The van der Waals surface area contributed by atoms with Gasteiger partial charge in [0.25, 0.3) is 5.91 Å². The zero-order valence-electron chi connectivity index (χ0n) is 19.0. The molecule has 12 heteroatoms. The van der Waals surface area contributed by atoms with Crippen molar-refractivity contribution in [3.63, 3.8) is 0 Å². The van der Waals surface area contributed by atoms with Gasteiger partial charge < -0.3 is 5.32 Å². The summed E-state index contributed by atoms with van der Waals surface area (Å²) in [6, 6.07) is 13.2. The SMILES string of the molecule is [N-]=[N+]=NCc1nc2ccccc2n1-c1ccc(C(=O)CN2C(=O)NC3(CCC(F)(F)CC3)C2=O)cc1. The van der Waals surface area contributed by atoms with Gasteiger partial charge in [-0.25, -0.2) is 18.6 Å². The molecule has 36 heavy (non-hydrogen) atoms. The number of Topliss-reactive ketones (excluding diaryl/α,β-unsaturated/α-hetero) is 1. The molecule has 2 aromatic carbocycles. The van der Waals surface area contributed by atoms with E-state index < -0.39 is 48.6 Å². The Labute approximate surface area is 203 Å². The Bertz CT molecular complexity index is 1420. The van der Waals surface area contributed by atoms with E-state index in [1.807, 2.05) is 28.8 Å². The first kappa shape index (κ1) is 23.4. The van der Waals surface area contributed by atoms with Gasteiger partial charge in [0, 0.05) is 29.0 Å². The van der Waals surface area contributed by atoms with Gasteiger partial charge in [0.05, 0.1) is 24.1 Å². The third kappa shape index (κ3) is 4.05. The Morgan fingerprint density at radius 3 is 2.47 bits per heavy atom. The summed E-state index contributed by atoms with van der Waals surface area (Å²) in [6.45, 7) is -0.454. The summed E-state index contributed by atoms with van der Waals surface area (Å²) in [7, 11) is 0. The molecule has 1 saturated heterocycles. The number of para-hydroxylation sites is 2. The van der Waals surface area contributed by atoms with E-state index in [9.17, 15) is 23.2 Å². The van der Waals surface area contributed by atoms with Gasteiger partial charge in [-0.15, -0.1) is 0 Å². The van der Waals surface area contributed by atoms with Gasteiger partial charge in [0.15, 0.2) is 5.78 Å². The second kappa shape index (κ2) is 8.72. The number of aromatic nitrogens is 2. The number of carbonyl (C=O) groups excluding carboxylic acids is 3. The molecule has 2 heterocycles. The number of imide groups is 1. The number of hydrogen-bond acceptors (Lipinski definition) is 5. The molecule has 0 radical (unpaired) electrons. The Balaban J connectivity index is 1.35. The number of halogens is 2. The van der Waals surface area contributed by atoms with Gasteiger partial charge in [-0.1, -0.05) is 17.2 Å².